The van der Waals surface area contributed by atoms with Crippen LogP contribution in [0.5, 0.6) is 0 Å². The number of piperazine rings is 1. The molecule has 1 heterocycles. The quantitative estimate of drug-likeness (QED) is 0.789. The Hall–Kier alpha value is -0.710. The lowest BCUT2D eigenvalue weighted by molar-refractivity contribution is -0.152. The first-order valence-corrected chi connectivity index (χ1v) is 7.63. The number of nitrogens with one attached hydrogen (secondary N) is 1. The van der Waals surface area contributed by atoms with E-state index in [2.05, 4.69) is 12.2 Å². The lowest BCUT2D eigenvalue weighted by atomic mass is 9.83. The zero-order valence-electron chi connectivity index (χ0n) is 11.9. The molecular formula is C13H24N2O2S. The summed E-state index contributed by atoms with van der Waals surface area (Å²) in [7, 11) is 0. The minimum Gasteiger partial charge on any atom is -0.343 e. The van der Waals surface area contributed by atoms with Crippen molar-refractivity contribution in [1.29, 1.82) is 0 Å². The van der Waals surface area contributed by atoms with Crippen molar-refractivity contribution in [3.05, 3.63) is 0 Å². The second-order valence-corrected chi connectivity index (χ2v) is 7.12. The molecule has 1 fully saturated rings. The summed E-state index contributed by atoms with van der Waals surface area (Å²) in [5, 5.41) is 2.77. The molecule has 2 amide bonds. The molecule has 1 aliphatic heterocycles. The van der Waals surface area contributed by atoms with E-state index in [1.54, 1.807) is 23.6 Å². The number of thioether (sulfide) groups is 1. The summed E-state index contributed by atoms with van der Waals surface area (Å²) < 4.78 is 0. The fourth-order valence-corrected chi connectivity index (χ4v) is 2.89. The molecule has 0 aromatic rings. The molecule has 0 bridgehead atoms. The van der Waals surface area contributed by atoms with Crippen LogP contribution in [-0.2, 0) is 9.59 Å². The summed E-state index contributed by atoms with van der Waals surface area (Å²) in [4.78, 5) is 26.1. The highest BCUT2D eigenvalue weighted by Crippen LogP contribution is 2.27. The maximum atomic E-state index is 12.2. The van der Waals surface area contributed by atoms with Gasteiger partial charge in [-0.15, -0.1) is 0 Å². The lowest BCUT2D eigenvalue weighted by Crippen LogP contribution is -2.66. The number of carbonyl (C=O) groups excluding carboxylic acids is 2. The van der Waals surface area contributed by atoms with Crippen LogP contribution in [0.3, 0.4) is 0 Å². The number of nitrogens with zero attached hydrogens (tertiary/aromatic N) is 1. The molecule has 0 radical (unpaired) electrons. The first-order valence-electron chi connectivity index (χ1n) is 6.47. The van der Waals surface area contributed by atoms with Crippen LogP contribution >= 0.6 is 11.8 Å². The van der Waals surface area contributed by atoms with Crippen LogP contribution in [0.4, 0.5) is 0 Å². The third-order valence-electron chi connectivity index (χ3n) is 3.07. The van der Waals surface area contributed by atoms with Crippen molar-refractivity contribution < 1.29 is 9.59 Å². The van der Waals surface area contributed by atoms with Crippen LogP contribution in [0.25, 0.3) is 0 Å². The molecule has 1 N–H and O–H groups in total. The van der Waals surface area contributed by atoms with E-state index in [1.807, 2.05) is 20.8 Å². The number of hydrogen-bond acceptors (Lipinski definition) is 3. The maximum Gasteiger partial charge on any atom is 0.245 e. The zero-order chi connectivity index (χ0) is 13.9. The van der Waals surface area contributed by atoms with Crippen molar-refractivity contribution in [3.8, 4) is 0 Å². The minimum absolute atomic E-state index is 0.0314. The summed E-state index contributed by atoms with van der Waals surface area (Å²) >= 11 is 1.79. The fourth-order valence-electron chi connectivity index (χ4n) is 2.28. The van der Waals surface area contributed by atoms with E-state index in [9.17, 15) is 9.59 Å². The largest absolute Gasteiger partial charge is 0.343 e. The Kier molecular flexibility index (Phi) is 5.08. The average molecular weight is 272 g/mol. The first-order chi connectivity index (χ1) is 8.29. The minimum atomic E-state index is -0.400. The molecule has 0 aromatic carbocycles. The van der Waals surface area contributed by atoms with Gasteiger partial charge >= 0.3 is 0 Å². The topological polar surface area (TPSA) is 49.4 Å². The van der Waals surface area contributed by atoms with E-state index >= 15 is 0 Å². The van der Waals surface area contributed by atoms with E-state index in [0.29, 0.717) is 6.54 Å². The highest BCUT2D eigenvalue weighted by atomic mass is 32.2. The fraction of sp³-hybridized carbons (Fsp3) is 0.846. The van der Waals surface area contributed by atoms with Crippen molar-refractivity contribution in [3.63, 3.8) is 0 Å². The molecule has 18 heavy (non-hydrogen) atoms. The van der Waals surface area contributed by atoms with E-state index in [0.717, 1.165) is 11.5 Å². The van der Waals surface area contributed by atoms with Gasteiger partial charge in [0.2, 0.25) is 11.8 Å². The molecule has 104 valence electrons. The molecule has 1 aliphatic rings. The van der Waals surface area contributed by atoms with Crippen LogP contribution in [0.1, 0.15) is 34.6 Å². The van der Waals surface area contributed by atoms with Gasteiger partial charge in [-0.2, -0.15) is 11.8 Å². The Balaban J connectivity index is 2.87. The van der Waals surface area contributed by atoms with Gasteiger partial charge in [0.05, 0.1) is 0 Å². The Labute approximate surface area is 114 Å². The standard InChI is InChI=1S/C13H24N2O2S/c1-6-18-8-7-15-10(13(3,4)5)11(16)14-9(2)12(15)17/h9-10H,6-8H2,1-5H3,(H,14,16). The Bertz CT molecular complexity index is 325. The van der Waals surface area contributed by atoms with Gasteiger partial charge in [0.25, 0.3) is 0 Å². The van der Waals surface area contributed by atoms with Gasteiger partial charge in [0.1, 0.15) is 12.1 Å². The molecule has 4 nitrogen and oxygen atoms in total. The maximum absolute atomic E-state index is 12.2. The van der Waals surface area contributed by atoms with Crippen LogP contribution < -0.4 is 5.32 Å². The van der Waals surface area contributed by atoms with Gasteiger partial charge in [-0.1, -0.05) is 27.7 Å². The summed E-state index contributed by atoms with van der Waals surface area (Å²) in [6.07, 6.45) is 0. The van der Waals surface area contributed by atoms with Crippen molar-refractivity contribution >= 4 is 23.6 Å². The third kappa shape index (κ3) is 3.40. The highest BCUT2D eigenvalue weighted by molar-refractivity contribution is 7.99. The normalized spacial score (nSPS) is 25.3. The van der Waals surface area contributed by atoms with Gasteiger partial charge in [-0.3, -0.25) is 9.59 Å². The van der Waals surface area contributed by atoms with Crippen LogP contribution in [0, 0.1) is 5.41 Å². The van der Waals surface area contributed by atoms with E-state index in [4.69, 9.17) is 0 Å². The molecule has 0 spiro atoms. The van der Waals surface area contributed by atoms with Crippen molar-refractivity contribution in [2.24, 2.45) is 5.41 Å². The smallest absolute Gasteiger partial charge is 0.245 e. The predicted octanol–water partition coefficient (Wildman–Crippen LogP) is 1.50. The lowest BCUT2D eigenvalue weighted by Gasteiger charge is -2.44. The number of amides is 2. The molecule has 0 aliphatic carbocycles. The van der Waals surface area contributed by atoms with Gasteiger partial charge in [-0.25, -0.2) is 0 Å². The Morgan fingerprint density at radius 2 is 1.94 bits per heavy atom. The number of rotatable bonds is 4. The molecule has 0 aromatic heterocycles. The monoisotopic (exact) mass is 272 g/mol. The van der Waals surface area contributed by atoms with E-state index < -0.39 is 6.04 Å². The highest BCUT2D eigenvalue weighted by Gasteiger charge is 2.44. The van der Waals surface area contributed by atoms with Crippen LogP contribution in [0.2, 0.25) is 0 Å². The Morgan fingerprint density at radius 3 is 2.44 bits per heavy atom. The van der Waals surface area contributed by atoms with E-state index in [-0.39, 0.29) is 23.3 Å². The molecule has 5 heteroatoms. The van der Waals surface area contributed by atoms with Crippen molar-refractivity contribution in [1.82, 2.24) is 10.2 Å². The second kappa shape index (κ2) is 5.95. The van der Waals surface area contributed by atoms with Crippen molar-refractivity contribution in [2.45, 2.75) is 46.7 Å². The second-order valence-electron chi connectivity index (χ2n) is 5.73. The molecule has 1 saturated heterocycles. The van der Waals surface area contributed by atoms with Gasteiger partial charge in [0, 0.05) is 12.3 Å². The molecular weight excluding hydrogens is 248 g/mol. The number of hydrogen-bond donors (Lipinski definition) is 1. The Morgan fingerprint density at radius 1 is 1.33 bits per heavy atom. The molecule has 2 unspecified atom stereocenters. The van der Waals surface area contributed by atoms with Gasteiger partial charge in [0.15, 0.2) is 0 Å². The zero-order valence-corrected chi connectivity index (χ0v) is 12.8. The predicted molar refractivity (Wildman–Crippen MR) is 75.6 cm³/mol. The van der Waals surface area contributed by atoms with Crippen molar-refractivity contribution in [2.75, 3.05) is 18.1 Å². The molecule has 2 atom stereocenters. The average Bonchev–Trinajstić information content (AvgIpc) is 2.23. The molecule has 0 saturated carbocycles. The van der Waals surface area contributed by atoms with Gasteiger partial charge < -0.3 is 10.2 Å². The summed E-state index contributed by atoms with van der Waals surface area (Å²) in [5.41, 5.74) is -0.239. The SMILES string of the molecule is CCSCCN1C(=O)C(C)NC(=O)C1C(C)(C)C. The third-order valence-corrected chi connectivity index (χ3v) is 3.95. The van der Waals surface area contributed by atoms with Crippen LogP contribution in [-0.4, -0.2) is 46.8 Å². The van der Waals surface area contributed by atoms with Gasteiger partial charge in [-0.05, 0) is 18.1 Å². The summed E-state index contributed by atoms with van der Waals surface area (Å²) in [6, 6.07) is -0.763. The number of carbonyl (C=O) groups is 2. The molecule has 1 rings (SSSR count). The summed E-state index contributed by atoms with van der Waals surface area (Å²) in [6.45, 7) is 10.5. The van der Waals surface area contributed by atoms with Crippen LogP contribution in [0.15, 0.2) is 0 Å². The van der Waals surface area contributed by atoms with E-state index in [1.165, 1.54) is 0 Å². The summed E-state index contributed by atoms with van der Waals surface area (Å²) in [5.74, 6) is 1.92. The first kappa shape index (κ1) is 15.3.